The van der Waals surface area contributed by atoms with E-state index in [1.54, 1.807) is 0 Å². The standard InChI is InChI=1S/C8H14N2O2/c1-7(2)4-3-5-12-8(11)6-10-9/h6-7H,3-5H2,1-2H3. The molecule has 0 aliphatic rings. The molecule has 0 heterocycles. The topological polar surface area (TPSA) is 62.7 Å². The summed E-state index contributed by atoms with van der Waals surface area (Å²) in [5.74, 6) is 0.0245. The molecule has 0 aromatic carbocycles. The summed E-state index contributed by atoms with van der Waals surface area (Å²) in [6.07, 6.45) is 2.63. The second-order valence-corrected chi connectivity index (χ2v) is 2.95. The van der Waals surface area contributed by atoms with Gasteiger partial charge in [-0.05, 0) is 18.8 Å². The molecule has 0 aromatic heterocycles. The van der Waals surface area contributed by atoms with Gasteiger partial charge < -0.3 is 10.3 Å². The predicted molar refractivity (Wildman–Crippen MR) is 44.7 cm³/mol. The highest BCUT2D eigenvalue weighted by molar-refractivity contribution is 6.20. The molecule has 0 N–H and O–H groups in total. The maximum absolute atomic E-state index is 10.6. The van der Waals surface area contributed by atoms with Crippen LogP contribution in [0.5, 0.6) is 0 Å². The minimum absolute atomic E-state index is 0.392. The third-order valence-corrected chi connectivity index (χ3v) is 1.33. The van der Waals surface area contributed by atoms with E-state index >= 15 is 0 Å². The molecule has 0 bridgehead atoms. The van der Waals surface area contributed by atoms with E-state index in [0.717, 1.165) is 19.1 Å². The van der Waals surface area contributed by atoms with Gasteiger partial charge in [0.25, 0.3) is 0 Å². The first-order valence-electron chi connectivity index (χ1n) is 4.01. The number of nitrogens with zero attached hydrogens (tertiary/aromatic N) is 2. The Morgan fingerprint density at radius 1 is 1.67 bits per heavy atom. The van der Waals surface area contributed by atoms with Crippen LogP contribution < -0.4 is 0 Å². The minimum atomic E-state index is -0.596. The van der Waals surface area contributed by atoms with Crippen molar-refractivity contribution in [3.8, 4) is 0 Å². The Morgan fingerprint density at radius 2 is 2.33 bits per heavy atom. The molecule has 12 heavy (non-hydrogen) atoms. The summed E-state index contributed by atoms with van der Waals surface area (Å²) in [5, 5.41) is 0. The largest absolute Gasteiger partial charge is 0.457 e. The maximum atomic E-state index is 10.6. The monoisotopic (exact) mass is 170 g/mol. The molecule has 0 atom stereocenters. The highest BCUT2D eigenvalue weighted by atomic mass is 16.5. The van der Waals surface area contributed by atoms with Crippen molar-refractivity contribution in [3.63, 3.8) is 0 Å². The van der Waals surface area contributed by atoms with Crippen LogP contribution in [0.4, 0.5) is 0 Å². The zero-order chi connectivity index (χ0) is 9.40. The lowest BCUT2D eigenvalue weighted by molar-refractivity contribution is -0.139. The Balaban J connectivity index is 3.31. The van der Waals surface area contributed by atoms with E-state index in [2.05, 4.69) is 23.4 Å². The lowest BCUT2D eigenvalue weighted by atomic mass is 10.1. The van der Waals surface area contributed by atoms with Crippen molar-refractivity contribution in [3.05, 3.63) is 5.53 Å². The smallest absolute Gasteiger partial charge is 0.413 e. The molecule has 0 unspecified atom stereocenters. The average Bonchev–Trinajstić information content (AvgIpc) is 1.98. The van der Waals surface area contributed by atoms with Gasteiger partial charge in [0.15, 0.2) is 0 Å². The third-order valence-electron chi connectivity index (χ3n) is 1.33. The molecular formula is C8H14N2O2. The van der Waals surface area contributed by atoms with Crippen LogP contribution in [-0.4, -0.2) is 23.6 Å². The first-order chi connectivity index (χ1) is 5.66. The Labute approximate surface area is 72.2 Å². The van der Waals surface area contributed by atoms with Gasteiger partial charge in [-0.2, -0.15) is 4.79 Å². The van der Waals surface area contributed by atoms with E-state index in [-0.39, 0.29) is 0 Å². The van der Waals surface area contributed by atoms with Crippen molar-refractivity contribution in [2.45, 2.75) is 26.7 Å². The van der Waals surface area contributed by atoms with Gasteiger partial charge in [0, 0.05) is 0 Å². The van der Waals surface area contributed by atoms with E-state index in [9.17, 15) is 4.79 Å². The first kappa shape index (κ1) is 10.8. The Kier molecular flexibility index (Phi) is 5.93. The van der Waals surface area contributed by atoms with Crippen LogP contribution in [-0.2, 0) is 9.53 Å². The van der Waals surface area contributed by atoms with Crippen LogP contribution in [0.1, 0.15) is 26.7 Å². The van der Waals surface area contributed by atoms with Gasteiger partial charge in [-0.1, -0.05) is 13.8 Å². The second kappa shape index (κ2) is 6.55. The maximum Gasteiger partial charge on any atom is 0.413 e. The summed E-state index contributed by atoms with van der Waals surface area (Å²) in [7, 11) is 0. The first-order valence-corrected chi connectivity index (χ1v) is 4.01. The number of esters is 1. The highest BCUT2D eigenvalue weighted by Crippen LogP contribution is 2.02. The van der Waals surface area contributed by atoms with Gasteiger partial charge in [0.1, 0.15) is 0 Å². The number of carbonyl (C=O) groups excluding carboxylic acids is 1. The zero-order valence-electron chi connectivity index (χ0n) is 7.49. The van der Waals surface area contributed by atoms with E-state index < -0.39 is 5.97 Å². The molecule has 68 valence electrons. The van der Waals surface area contributed by atoms with E-state index in [1.165, 1.54) is 0 Å². The zero-order valence-corrected chi connectivity index (χ0v) is 7.49. The predicted octanol–water partition coefficient (Wildman–Crippen LogP) is 1.27. The quantitative estimate of drug-likeness (QED) is 0.205. The summed E-state index contributed by atoms with van der Waals surface area (Å²) in [6.45, 7) is 4.61. The fourth-order valence-corrected chi connectivity index (χ4v) is 0.749. The summed E-state index contributed by atoms with van der Waals surface area (Å²) in [5.41, 5.74) is 7.95. The lowest BCUT2D eigenvalue weighted by Gasteiger charge is -2.02. The van der Waals surface area contributed by atoms with Crippen LogP contribution >= 0.6 is 0 Å². The lowest BCUT2D eigenvalue weighted by Crippen LogP contribution is -2.07. The van der Waals surface area contributed by atoms with Crippen LogP contribution in [0.25, 0.3) is 5.53 Å². The molecule has 0 rings (SSSR count). The molecule has 0 aliphatic heterocycles. The number of carbonyl (C=O) groups is 1. The van der Waals surface area contributed by atoms with Crippen molar-refractivity contribution in [1.82, 2.24) is 0 Å². The van der Waals surface area contributed by atoms with Crippen molar-refractivity contribution in [2.75, 3.05) is 6.61 Å². The summed E-state index contributed by atoms with van der Waals surface area (Å²) < 4.78 is 4.68. The molecule has 0 radical (unpaired) electrons. The van der Waals surface area contributed by atoms with Gasteiger partial charge in [-0.25, -0.2) is 4.79 Å². The van der Waals surface area contributed by atoms with Gasteiger partial charge in [0.2, 0.25) is 0 Å². The van der Waals surface area contributed by atoms with Gasteiger partial charge >= 0.3 is 12.2 Å². The molecular weight excluding hydrogens is 156 g/mol. The molecule has 4 nitrogen and oxygen atoms in total. The fraction of sp³-hybridized carbons (Fsp3) is 0.750. The van der Waals surface area contributed by atoms with Crippen LogP contribution in [0.3, 0.4) is 0 Å². The molecule has 0 aliphatic carbocycles. The average molecular weight is 170 g/mol. The molecule has 4 heteroatoms. The fourth-order valence-electron chi connectivity index (χ4n) is 0.749. The van der Waals surface area contributed by atoms with Crippen LogP contribution in [0.15, 0.2) is 0 Å². The molecule has 0 amide bonds. The summed E-state index contributed by atoms with van der Waals surface area (Å²) in [4.78, 5) is 13.1. The normalized spacial score (nSPS) is 9.25. The molecule has 0 saturated carbocycles. The molecule has 0 fully saturated rings. The number of rotatable bonds is 5. The number of hydrogen-bond donors (Lipinski definition) is 0. The molecule has 0 aromatic rings. The molecule has 0 saturated heterocycles. The summed E-state index contributed by atoms with van der Waals surface area (Å²) >= 11 is 0. The van der Waals surface area contributed by atoms with E-state index in [1.807, 2.05) is 0 Å². The Morgan fingerprint density at radius 3 is 2.83 bits per heavy atom. The van der Waals surface area contributed by atoms with Gasteiger partial charge in [0.05, 0.1) is 6.61 Å². The van der Waals surface area contributed by atoms with Crippen LogP contribution in [0.2, 0.25) is 0 Å². The van der Waals surface area contributed by atoms with Crippen molar-refractivity contribution < 1.29 is 14.3 Å². The summed E-state index contributed by atoms with van der Waals surface area (Å²) in [6, 6.07) is 0. The van der Waals surface area contributed by atoms with E-state index in [0.29, 0.717) is 12.5 Å². The Bertz CT molecular complexity index is 183. The van der Waals surface area contributed by atoms with Crippen molar-refractivity contribution >= 4 is 12.2 Å². The van der Waals surface area contributed by atoms with Crippen LogP contribution in [0, 0.1) is 5.92 Å². The van der Waals surface area contributed by atoms with E-state index in [4.69, 9.17) is 5.53 Å². The van der Waals surface area contributed by atoms with Gasteiger partial charge in [-0.15, -0.1) is 0 Å². The highest BCUT2D eigenvalue weighted by Gasteiger charge is 2.02. The number of ether oxygens (including phenoxy) is 1. The number of hydrogen-bond acceptors (Lipinski definition) is 2. The molecule has 0 spiro atoms. The van der Waals surface area contributed by atoms with Gasteiger partial charge in [-0.3, -0.25) is 0 Å². The second-order valence-electron chi connectivity index (χ2n) is 2.95. The minimum Gasteiger partial charge on any atom is -0.457 e. The van der Waals surface area contributed by atoms with Crippen molar-refractivity contribution in [1.29, 1.82) is 0 Å². The Hall–Kier alpha value is -1.15. The third kappa shape index (κ3) is 6.96. The SMILES string of the molecule is CC(C)CCCOC(=O)C=[N+]=[N-]. The van der Waals surface area contributed by atoms with Crippen molar-refractivity contribution in [2.24, 2.45) is 5.92 Å².